The molecule has 3 nitrogen and oxygen atoms in total. The normalized spacial score (nSPS) is 28.0. The van der Waals surface area contributed by atoms with E-state index in [0.29, 0.717) is 6.04 Å². The summed E-state index contributed by atoms with van der Waals surface area (Å²) in [7, 11) is 0. The van der Waals surface area contributed by atoms with E-state index in [0.717, 1.165) is 25.3 Å². The van der Waals surface area contributed by atoms with Crippen molar-refractivity contribution in [2.75, 3.05) is 19.6 Å². The van der Waals surface area contributed by atoms with E-state index in [1.165, 1.54) is 25.9 Å². The highest BCUT2D eigenvalue weighted by Gasteiger charge is 2.30. The van der Waals surface area contributed by atoms with Crippen LogP contribution in [0, 0.1) is 11.8 Å². The van der Waals surface area contributed by atoms with Crippen molar-refractivity contribution >= 4 is 5.91 Å². The average Bonchev–Trinajstić information content (AvgIpc) is 2.97. The van der Waals surface area contributed by atoms with Gasteiger partial charge >= 0.3 is 0 Å². The number of hydrogen-bond donors (Lipinski definition) is 1. The second-order valence-corrected chi connectivity index (χ2v) is 5.51. The van der Waals surface area contributed by atoms with Gasteiger partial charge in [0.25, 0.3) is 0 Å². The molecule has 1 saturated heterocycles. The van der Waals surface area contributed by atoms with Gasteiger partial charge in [-0.1, -0.05) is 13.8 Å². The van der Waals surface area contributed by atoms with Gasteiger partial charge in [-0.05, 0) is 31.6 Å². The lowest BCUT2D eigenvalue weighted by Gasteiger charge is -2.17. The zero-order valence-corrected chi connectivity index (χ0v) is 10.5. The summed E-state index contributed by atoms with van der Waals surface area (Å²) in [4.78, 5) is 14.3. The van der Waals surface area contributed by atoms with Crippen LogP contribution in [0.2, 0.25) is 0 Å². The van der Waals surface area contributed by atoms with E-state index in [4.69, 9.17) is 0 Å². The molecule has 1 N–H and O–H groups in total. The monoisotopic (exact) mass is 224 g/mol. The Labute approximate surface area is 98.6 Å². The molecular formula is C13H24N2O. The highest BCUT2D eigenvalue weighted by molar-refractivity contribution is 5.78. The molecule has 16 heavy (non-hydrogen) atoms. The maximum atomic E-state index is 11.7. The van der Waals surface area contributed by atoms with Crippen molar-refractivity contribution in [3.63, 3.8) is 0 Å². The van der Waals surface area contributed by atoms with Crippen LogP contribution in [-0.4, -0.2) is 36.5 Å². The van der Waals surface area contributed by atoms with Crippen molar-refractivity contribution < 1.29 is 4.79 Å². The summed E-state index contributed by atoms with van der Waals surface area (Å²) < 4.78 is 0. The first-order chi connectivity index (χ1) is 7.69. The second-order valence-electron chi connectivity index (χ2n) is 5.51. The van der Waals surface area contributed by atoms with Gasteiger partial charge in [0, 0.05) is 31.6 Å². The zero-order chi connectivity index (χ0) is 11.5. The summed E-state index contributed by atoms with van der Waals surface area (Å²) in [5.74, 6) is 1.36. The number of nitrogens with zero attached hydrogens (tertiary/aromatic N) is 1. The molecule has 3 heteroatoms. The fourth-order valence-electron chi connectivity index (χ4n) is 2.31. The highest BCUT2D eigenvalue weighted by Crippen LogP contribution is 2.30. The fourth-order valence-corrected chi connectivity index (χ4v) is 2.31. The topological polar surface area (TPSA) is 32.3 Å². The lowest BCUT2D eigenvalue weighted by Crippen LogP contribution is -2.40. The molecule has 1 aliphatic carbocycles. The Morgan fingerprint density at radius 3 is 2.81 bits per heavy atom. The lowest BCUT2D eigenvalue weighted by molar-refractivity contribution is -0.125. The van der Waals surface area contributed by atoms with E-state index in [2.05, 4.69) is 17.1 Å². The van der Waals surface area contributed by atoms with Gasteiger partial charge in [-0.25, -0.2) is 0 Å². The molecule has 1 aliphatic heterocycles. The Hall–Kier alpha value is -0.570. The van der Waals surface area contributed by atoms with Crippen molar-refractivity contribution in [3.05, 3.63) is 0 Å². The molecule has 2 rings (SSSR count). The summed E-state index contributed by atoms with van der Waals surface area (Å²) in [6.45, 7) is 7.57. The maximum Gasteiger partial charge on any atom is 0.223 e. The average molecular weight is 224 g/mol. The number of hydrogen-bond acceptors (Lipinski definition) is 2. The van der Waals surface area contributed by atoms with Gasteiger partial charge in [0.2, 0.25) is 5.91 Å². The van der Waals surface area contributed by atoms with Gasteiger partial charge in [-0.2, -0.15) is 0 Å². The Morgan fingerprint density at radius 2 is 2.19 bits per heavy atom. The summed E-state index contributed by atoms with van der Waals surface area (Å²) in [5.41, 5.74) is 0. The van der Waals surface area contributed by atoms with Crippen LogP contribution in [0.1, 0.15) is 39.5 Å². The third kappa shape index (κ3) is 3.21. The van der Waals surface area contributed by atoms with Crippen LogP contribution in [0.3, 0.4) is 0 Å². The molecule has 0 aromatic carbocycles. The van der Waals surface area contributed by atoms with E-state index in [1.807, 2.05) is 6.92 Å². The van der Waals surface area contributed by atoms with E-state index >= 15 is 0 Å². The lowest BCUT2D eigenvalue weighted by atomic mass is 10.1. The number of rotatable bonds is 5. The van der Waals surface area contributed by atoms with Crippen LogP contribution < -0.4 is 5.32 Å². The second kappa shape index (κ2) is 5.17. The van der Waals surface area contributed by atoms with Crippen LogP contribution >= 0.6 is 0 Å². The quantitative estimate of drug-likeness (QED) is 0.770. The van der Waals surface area contributed by atoms with Crippen LogP contribution in [0.15, 0.2) is 0 Å². The molecule has 0 radical (unpaired) electrons. The van der Waals surface area contributed by atoms with Gasteiger partial charge in [0.1, 0.15) is 0 Å². The molecular weight excluding hydrogens is 200 g/mol. The molecule has 1 saturated carbocycles. The summed E-state index contributed by atoms with van der Waals surface area (Å²) in [6, 6.07) is 0.403. The van der Waals surface area contributed by atoms with Crippen molar-refractivity contribution in [3.8, 4) is 0 Å². The minimum absolute atomic E-state index is 0.164. The number of likely N-dealkylation sites (tertiary alicyclic amines) is 1. The predicted octanol–water partition coefficient (Wildman–Crippen LogP) is 1.63. The van der Waals surface area contributed by atoms with Crippen LogP contribution in [-0.2, 0) is 4.79 Å². The van der Waals surface area contributed by atoms with Gasteiger partial charge in [-0.15, -0.1) is 0 Å². The molecule has 0 aromatic rings. The Kier molecular flexibility index (Phi) is 3.85. The van der Waals surface area contributed by atoms with Crippen molar-refractivity contribution in [2.24, 2.45) is 11.8 Å². The Balaban J connectivity index is 1.69. The number of carbonyl (C=O) groups is 1. The fraction of sp³-hybridized carbons (Fsp3) is 0.923. The smallest absolute Gasteiger partial charge is 0.223 e. The van der Waals surface area contributed by atoms with E-state index < -0.39 is 0 Å². The first-order valence-corrected chi connectivity index (χ1v) is 6.71. The minimum atomic E-state index is 0.164. The maximum absolute atomic E-state index is 11.7. The SMILES string of the molecule is CCC(C)C(=O)NC1CCN(CC2CC2)C1. The van der Waals surface area contributed by atoms with Gasteiger partial charge in [0.15, 0.2) is 0 Å². The molecule has 1 heterocycles. The van der Waals surface area contributed by atoms with Gasteiger partial charge in [0.05, 0.1) is 0 Å². The number of nitrogens with one attached hydrogen (secondary N) is 1. The van der Waals surface area contributed by atoms with Gasteiger partial charge in [-0.3, -0.25) is 4.79 Å². The molecule has 2 atom stereocenters. The van der Waals surface area contributed by atoms with E-state index in [9.17, 15) is 4.79 Å². The number of amides is 1. The first kappa shape index (κ1) is 11.9. The Morgan fingerprint density at radius 1 is 1.44 bits per heavy atom. The molecule has 2 unspecified atom stereocenters. The van der Waals surface area contributed by atoms with Crippen molar-refractivity contribution in [1.29, 1.82) is 0 Å². The van der Waals surface area contributed by atoms with Crippen molar-refractivity contribution in [2.45, 2.75) is 45.6 Å². The molecule has 1 amide bonds. The largest absolute Gasteiger partial charge is 0.352 e. The molecule has 2 aliphatic rings. The molecule has 0 bridgehead atoms. The highest BCUT2D eigenvalue weighted by atomic mass is 16.1. The summed E-state index contributed by atoms with van der Waals surface area (Å²) in [6.07, 6.45) is 4.90. The third-order valence-electron chi connectivity index (χ3n) is 3.89. The summed E-state index contributed by atoms with van der Waals surface area (Å²) >= 11 is 0. The van der Waals surface area contributed by atoms with Crippen LogP contribution in [0.25, 0.3) is 0 Å². The zero-order valence-electron chi connectivity index (χ0n) is 10.5. The summed E-state index contributed by atoms with van der Waals surface area (Å²) in [5, 5.41) is 3.17. The molecule has 92 valence electrons. The van der Waals surface area contributed by atoms with E-state index in [-0.39, 0.29) is 11.8 Å². The Bertz CT molecular complexity index is 250. The third-order valence-corrected chi connectivity index (χ3v) is 3.89. The predicted molar refractivity (Wildman–Crippen MR) is 65.2 cm³/mol. The molecule has 0 spiro atoms. The van der Waals surface area contributed by atoms with Crippen LogP contribution in [0.4, 0.5) is 0 Å². The van der Waals surface area contributed by atoms with Gasteiger partial charge < -0.3 is 10.2 Å². The molecule has 2 fully saturated rings. The minimum Gasteiger partial charge on any atom is -0.352 e. The number of carbonyl (C=O) groups excluding carboxylic acids is 1. The van der Waals surface area contributed by atoms with Crippen molar-refractivity contribution in [1.82, 2.24) is 10.2 Å². The van der Waals surface area contributed by atoms with Crippen LogP contribution in [0.5, 0.6) is 0 Å². The standard InChI is InChI=1S/C13H24N2O/c1-3-10(2)13(16)14-12-6-7-15(9-12)8-11-4-5-11/h10-12H,3-9H2,1-2H3,(H,14,16). The first-order valence-electron chi connectivity index (χ1n) is 6.71. The molecule has 0 aromatic heterocycles. The van der Waals surface area contributed by atoms with E-state index in [1.54, 1.807) is 0 Å².